The second-order valence-corrected chi connectivity index (χ2v) is 8.51. The Kier molecular flexibility index (Phi) is 9.10. The first-order valence-electron chi connectivity index (χ1n) is 11.4. The summed E-state index contributed by atoms with van der Waals surface area (Å²) in [6.07, 6.45) is 12.7. The average Bonchev–Trinajstić information content (AvgIpc) is 3.21. The van der Waals surface area contributed by atoms with Crippen LogP contribution < -0.4 is 4.74 Å². The van der Waals surface area contributed by atoms with Crippen molar-refractivity contribution in [2.75, 3.05) is 26.2 Å². The number of hydrogen-bond donors (Lipinski definition) is 2. The predicted octanol–water partition coefficient (Wildman–Crippen LogP) is 3.72. The van der Waals surface area contributed by atoms with Gasteiger partial charge in [0.05, 0.1) is 12.1 Å². The van der Waals surface area contributed by atoms with Gasteiger partial charge >= 0.3 is 11.9 Å². The first-order valence-corrected chi connectivity index (χ1v) is 11.4. The van der Waals surface area contributed by atoms with Crippen molar-refractivity contribution in [1.82, 2.24) is 14.5 Å². The number of aromatic nitrogens is 2. The SMILES string of the molecule is O=C(O)/C=C\C(=O)O.c1ccn2nc(OCCCCN3CC[C@H]4CCCC[C@@H]4C3)cc2c1. The van der Waals surface area contributed by atoms with Crippen LogP contribution in [0.2, 0.25) is 0 Å². The highest BCUT2D eigenvalue weighted by molar-refractivity contribution is 5.89. The Morgan fingerprint density at radius 3 is 2.53 bits per heavy atom. The van der Waals surface area contributed by atoms with Gasteiger partial charge < -0.3 is 19.8 Å². The average molecular weight is 444 g/mol. The summed E-state index contributed by atoms with van der Waals surface area (Å²) >= 11 is 0. The van der Waals surface area contributed by atoms with E-state index in [1.165, 1.54) is 58.2 Å². The molecule has 2 aromatic heterocycles. The van der Waals surface area contributed by atoms with Crippen LogP contribution in [0.4, 0.5) is 0 Å². The number of ether oxygens (including phenoxy) is 1. The number of aliphatic carboxylic acids is 2. The zero-order valence-corrected chi connectivity index (χ0v) is 18.4. The summed E-state index contributed by atoms with van der Waals surface area (Å²) in [5.74, 6) is 0.249. The van der Waals surface area contributed by atoms with Crippen molar-refractivity contribution >= 4 is 17.5 Å². The number of carbonyl (C=O) groups is 2. The van der Waals surface area contributed by atoms with E-state index in [1.807, 2.05) is 28.9 Å². The number of rotatable bonds is 8. The zero-order valence-electron chi connectivity index (χ0n) is 18.4. The molecule has 0 radical (unpaired) electrons. The van der Waals surface area contributed by atoms with Crippen molar-refractivity contribution in [2.45, 2.75) is 44.9 Å². The topological polar surface area (TPSA) is 104 Å². The maximum Gasteiger partial charge on any atom is 0.328 e. The summed E-state index contributed by atoms with van der Waals surface area (Å²) in [6, 6.07) is 8.07. The van der Waals surface area contributed by atoms with Crippen LogP contribution >= 0.6 is 0 Å². The molecule has 2 aliphatic rings. The highest BCUT2D eigenvalue weighted by atomic mass is 16.5. The Morgan fingerprint density at radius 1 is 1.06 bits per heavy atom. The van der Waals surface area contributed by atoms with Gasteiger partial charge in [-0.15, -0.1) is 5.10 Å². The first kappa shape index (κ1) is 23.8. The quantitative estimate of drug-likeness (QED) is 0.473. The largest absolute Gasteiger partial charge is 0.478 e. The predicted molar refractivity (Wildman–Crippen MR) is 121 cm³/mol. The number of pyridine rings is 1. The molecule has 0 spiro atoms. The molecular formula is C24H33N3O5. The highest BCUT2D eigenvalue weighted by Gasteiger charge is 2.30. The molecule has 2 N–H and O–H groups in total. The van der Waals surface area contributed by atoms with Crippen LogP contribution in [0, 0.1) is 11.8 Å². The summed E-state index contributed by atoms with van der Waals surface area (Å²) in [5, 5.41) is 20.1. The van der Waals surface area contributed by atoms with Gasteiger partial charge in [0.2, 0.25) is 5.88 Å². The smallest absolute Gasteiger partial charge is 0.328 e. The van der Waals surface area contributed by atoms with Gasteiger partial charge in [-0.3, -0.25) is 0 Å². The van der Waals surface area contributed by atoms with E-state index in [0.29, 0.717) is 12.2 Å². The van der Waals surface area contributed by atoms with Crippen molar-refractivity contribution in [2.24, 2.45) is 11.8 Å². The van der Waals surface area contributed by atoms with Crippen molar-refractivity contribution in [3.8, 4) is 5.88 Å². The van der Waals surface area contributed by atoms with Crippen LogP contribution in [0.15, 0.2) is 42.6 Å². The van der Waals surface area contributed by atoms with E-state index in [4.69, 9.17) is 14.9 Å². The Morgan fingerprint density at radius 2 is 1.81 bits per heavy atom. The molecule has 1 aliphatic heterocycles. The molecule has 174 valence electrons. The minimum absolute atomic E-state index is 0.558. The van der Waals surface area contributed by atoms with E-state index >= 15 is 0 Å². The van der Waals surface area contributed by atoms with Crippen LogP contribution in [0.1, 0.15) is 44.9 Å². The number of likely N-dealkylation sites (tertiary alicyclic amines) is 1. The van der Waals surface area contributed by atoms with Gasteiger partial charge in [0.15, 0.2) is 0 Å². The molecule has 2 aromatic rings. The molecule has 0 amide bonds. The third kappa shape index (κ3) is 7.67. The number of carboxylic acids is 2. The molecule has 0 bridgehead atoms. The van der Waals surface area contributed by atoms with Crippen molar-refractivity contribution < 1.29 is 24.5 Å². The van der Waals surface area contributed by atoms with Gasteiger partial charge in [-0.05, 0) is 62.7 Å². The maximum atomic E-state index is 9.55. The maximum absolute atomic E-state index is 9.55. The van der Waals surface area contributed by atoms with Crippen molar-refractivity contribution in [3.05, 3.63) is 42.6 Å². The van der Waals surface area contributed by atoms with Crippen molar-refractivity contribution in [1.29, 1.82) is 0 Å². The first-order chi connectivity index (χ1) is 15.5. The fraction of sp³-hybridized carbons (Fsp3) is 0.542. The van der Waals surface area contributed by atoms with Gasteiger partial charge in [-0.25, -0.2) is 14.1 Å². The monoisotopic (exact) mass is 443 g/mol. The summed E-state index contributed by atoms with van der Waals surface area (Å²) in [4.78, 5) is 21.8. The number of nitrogens with zero attached hydrogens (tertiary/aromatic N) is 3. The Balaban J connectivity index is 0.000000312. The number of piperidine rings is 1. The Hall–Kier alpha value is -2.87. The standard InChI is InChI=1S/C20H29N3O.C4H4O4/c1-2-8-18-16-22(13-10-17(18)7-1)11-5-6-14-24-20-15-19-9-3-4-12-23(19)21-20;5-3(6)1-2-4(7)8/h3-4,9,12,15,17-18H,1-2,5-8,10-11,13-14,16H2;1-2H,(H,5,6)(H,7,8)/b;2-1-/t17-,18-;/m1./s1. The van der Waals surface area contributed by atoms with Crippen LogP contribution in [-0.2, 0) is 9.59 Å². The fourth-order valence-corrected chi connectivity index (χ4v) is 4.62. The molecule has 1 aliphatic carbocycles. The summed E-state index contributed by atoms with van der Waals surface area (Å²) in [7, 11) is 0. The van der Waals surface area contributed by atoms with E-state index in [2.05, 4.69) is 16.1 Å². The summed E-state index contributed by atoms with van der Waals surface area (Å²) in [6.45, 7) is 4.66. The minimum atomic E-state index is -1.26. The molecular weight excluding hydrogens is 410 g/mol. The van der Waals surface area contributed by atoms with Gasteiger partial charge in [-0.1, -0.05) is 25.3 Å². The van der Waals surface area contributed by atoms with Crippen LogP contribution in [-0.4, -0.2) is 62.9 Å². The second kappa shape index (κ2) is 12.2. The molecule has 8 nitrogen and oxygen atoms in total. The van der Waals surface area contributed by atoms with E-state index in [1.54, 1.807) is 0 Å². The Labute approximate surface area is 188 Å². The van der Waals surface area contributed by atoms with E-state index in [-0.39, 0.29) is 0 Å². The van der Waals surface area contributed by atoms with Crippen LogP contribution in [0.25, 0.3) is 5.52 Å². The van der Waals surface area contributed by atoms with Crippen LogP contribution in [0.3, 0.4) is 0 Å². The second-order valence-electron chi connectivity index (χ2n) is 8.51. The molecule has 0 aromatic carbocycles. The third-order valence-corrected chi connectivity index (χ3v) is 6.21. The normalized spacial score (nSPS) is 21.0. The fourth-order valence-electron chi connectivity index (χ4n) is 4.62. The third-order valence-electron chi connectivity index (χ3n) is 6.21. The lowest BCUT2D eigenvalue weighted by molar-refractivity contribution is -0.134. The number of carboxylic acid groups (broad SMARTS) is 2. The van der Waals surface area contributed by atoms with Gasteiger partial charge in [0, 0.05) is 31.0 Å². The summed E-state index contributed by atoms with van der Waals surface area (Å²) in [5.41, 5.74) is 1.09. The molecule has 8 heteroatoms. The van der Waals surface area contributed by atoms with E-state index in [0.717, 1.165) is 36.3 Å². The molecule has 32 heavy (non-hydrogen) atoms. The molecule has 4 rings (SSSR count). The van der Waals surface area contributed by atoms with Crippen LogP contribution in [0.5, 0.6) is 5.88 Å². The number of hydrogen-bond acceptors (Lipinski definition) is 5. The molecule has 0 unspecified atom stereocenters. The Bertz CT molecular complexity index is 861. The number of fused-ring (bicyclic) bond motifs is 2. The van der Waals surface area contributed by atoms with E-state index in [9.17, 15) is 9.59 Å². The molecule has 2 fully saturated rings. The molecule has 3 heterocycles. The van der Waals surface area contributed by atoms with Gasteiger partial charge in [-0.2, -0.15) is 0 Å². The van der Waals surface area contributed by atoms with Crippen molar-refractivity contribution in [3.63, 3.8) is 0 Å². The number of unbranched alkanes of at least 4 members (excludes halogenated alkanes) is 1. The van der Waals surface area contributed by atoms with Gasteiger partial charge in [0.1, 0.15) is 0 Å². The van der Waals surface area contributed by atoms with Gasteiger partial charge in [0.25, 0.3) is 0 Å². The lowest BCUT2D eigenvalue weighted by Gasteiger charge is -2.41. The summed E-state index contributed by atoms with van der Waals surface area (Å²) < 4.78 is 7.68. The van der Waals surface area contributed by atoms with E-state index < -0.39 is 11.9 Å². The zero-order chi connectivity index (χ0) is 22.8. The lowest BCUT2D eigenvalue weighted by Crippen LogP contribution is -2.42. The minimum Gasteiger partial charge on any atom is -0.478 e. The lowest BCUT2D eigenvalue weighted by atomic mass is 9.75. The molecule has 2 atom stereocenters. The molecule has 1 saturated heterocycles. The molecule has 1 saturated carbocycles. The highest BCUT2D eigenvalue weighted by Crippen LogP contribution is 2.36.